The number of hydrogen-bond acceptors (Lipinski definition) is 3. The van der Waals surface area contributed by atoms with Gasteiger partial charge >= 0.3 is 0 Å². The Balaban J connectivity index is 2.31. The third-order valence-electron chi connectivity index (χ3n) is 4.06. The van der Waals surface area contributed by atoms with Gasteiger partial charge in [0.05, 0.1) is 10.6 Å². The summed E-state index contributed by atoms with van der Waals surface area (Å²) in [6.45, 7) is 10.6. The Kier molecular flexibility index (Phi) is 6.31. The van der Waals surface area contributed by atoms with Gasteiger partial charge in [0, 0.05) is 12.1 Å². The van der Waals surface area contributed by atoms with Gasteiger partial charge in [0.15, 0.2) is 0 Å². The minimum absolute atomic E-state index is 0.0587. The lowest BCUT2D eigenvalue weighted by molar-refractivity contribution is 0.0949. The molecule has 27 heavy (non-hydrogen) atoms. The van der Waals surface area contributed by atoms with E-state index in [-0.39, 0.29) is 16.2 Å². The van der Waals surface area contributed by atoms with Crippen molar-refractivity contribution >= 4 is 21.6 Å². The van der Waals surface area contributed by atoms with Gasteiger partial charge in [-0.15, -0.1) is 0 Å². The van der Waals surface area contributed by atoms with Gasteiger partial charge in [0.1, 0.15) is 0 Å². The van der Waals surface area contributed by atoms with Gasteiger partial charge in [-0.3, -0.25) is 9.52 Å². The van der Waals surface area contributed by atoms with Gasteiger partial charge < -0.3 is 5.32 Å². The highest BCUT2D eigenvalue weighted by Crippen LogP contribution is 2.30. The van der Waals surface area contributed by atoms with Crippen LogP contribution in [-0.4, -0.2) is 20.9 Å². The average molecular weight is 389 g/mol. The highest BCUT2D eigenvalue weighted by atomic mass is 32.2. The van der Waals surface area contributed by atoms with E-state index < -0.39 is 10.0 Å². The molecule has 0 aliphatic carbocycles. The number of carbonyl (C=O) groups is 1. The number of anilines is 1. The fourth-order valence-corrected chi connectivity index (χ4v) is 3.76. The van der Waals surface area contributed by atoms with E-state index in [1.165, 1.54) is 12.1 Å². The topological polar surface area (TPSA) is 75.3 Å². The van der Waals surface area contributed by atoms with Crippen LogP contribution in [0, 0.1) is 5.92 Å². The first-order chi connectivity index (χ1) is 12.5. The Hall–Kier alpha value is -2.34. The molecule has 2 aromatic rings. The van der Waals surface area contributed by atoms with Crippen molar-refractivity contribution in [1.29, 1.82) is 0 Å². The number of benzene rings is 2. The van der Waals surface area contributed by atoms with Crippen molar-refractivity contribution in [2.24, 2.45) is 5.92 Å². The van der Waals surface area contributed by atoms with Gasteiger partial charge in [0.25, 0.3) is 15.9 Å². The largest absolute Gasteiger partial charge is 0.352 e. The summed E-state index contributed by atoms with van der Waals surface area (Å²) in [5.74, 6) is 0.0345. The van der Waals surface area contributed by atoms with Crippen LogP contribution < -0.4 is 10.0 Å². The SMILES string of the molecule is CC(C)CNC(=O)c1cccc(S(=O)(=O)Nc2ccccc2C(C)(C)C)c1. The maximum atomic E-state index is 12.9. The summed E-state index contributed by atoms with van der Waals surface area (Å²) >= 11 is 0. The fourth-order valence-electron chi connectivity index (χ4n) is 2.63. The molecule has 6 heteroatoms. The van der Waals surface area contributed by atoms with Crippen molar-refractivity contribution in [2.45, 2.75) is 44.9 Å². The quantitative estimate of drug-likeness (QED) is 0.780. The van der Waals surface area contributed by atoms with Crippen molar-refractivity contribution < 1.29 is 13.2 Å². The lowest BCUT2D eigenvalue weighted by atomic mass is 9.86. The van der Waals surface area contributed by atoms with E-state index in [2.05, 4.69) is 10.0 Å². The molecule has 0 heterocycles. The Morgan fingerprint density at radius 3 is 2.33 bits per heavy atom. The molecule has 0 saturated heterocycles. The molecule has 0 unspecified atom stereocenters. The van der Waals surface area contributed by atoms with Crippen LogP contribution in [0.5, 0.6) is 0 Å². The maximum Gasteiger partial charge on any atom is 0.261 e. The second kappa shape index (κ2) is 8.13. The summed E-state index contributed by atoms with van der Waals surface area (Å²) in [5.41, 5.74) is 1.55. The second-order valence-corrected chi connectivity index (χ2v) is 9.72. The first-order valence-corrected chi connectivity index (χ1v) is 10.5. The molecule has 0 aromatic heterocycles. The summed E-state index contributed by atoms with van der Waals surface area (Å²) in [7, 11) is -3.81. The Bertz CT molecular complexity index is 913. The third-order valence-corrected chi connectivity index (χ3v) is 5.42. The lowest BCUT2D eigenvalue weighted by Crippen LogP contribution is -2.27. The summed E-state index contributed by atoms with van der Waals surface area (Å²) in [5, 5.41) is 2.80. The van der Waals surface area contributed by atoms with Crippen LogP contribution in [0.4, 0.5) is 5.69 Å². The molecule has 0 bridgehead atoms. The number of nitrogens with one attached hydrogen (secondary N) is 2. The molecule has 1 amide bonds. The zero-order valence-electron chi connectivity index (χ0n) is 16.5. The molecule has 0 radical (unpaired) electrons. The first-order valence-electron chi connectivity index (χ1n) is 9.01. The smallest absolute Gasteiger partial charge is 0.261 e. The second-order valence-electron chi connectivity index (χ2n) is 8.03. The number of carbonyl (C=O) groups excluding carboxylic acids is 1. The minimum atomic E-state index is -3.81. The van der Waals surface area contributed by atoms with E-state index in [1.807, 2.05) is 46.8 Å². The van der Waals surface area contributed by atoms with Gasteiger partial charge in [-0.2, -0.15) is 0 Å². The molecule has 2 N–H and O–H groups in total. The molecule has 146 valence electrons. The number of sulfonamides is 1. The monoisotopic (exact) mass is 388 g/mol. The normalized spacial score (nSPS) is 12.1. The van der Waals surface area contributed by atoms with Crippen LogP contribution in [0.2, 0.25) is 0 Å². The van der Waals surface area contributed by atoms with Crippen LogP contribution >= 0.6 is 0 Å². The van der Waals surface area contributed by atoms with Crippen molar-refractivity contribution in [1.82, 2.24) is 5.32 Å². The van der Waals surface area contributed by atoms with Crippen molar-refractivity contribution in [3.8, 4) is 0 Å². The van der Waals surface area contributed by atoms with E-state index in [0.717, 1.165) is 5.56 Å². The summed E-state index contributed by atoms with van der Waals surface area (Å²) < 4.78 is 28.4. The summed E-state index contributed by atoms with van der Waals surface area (Å²) in [6, 6.07) is 13.4. The van der Waals surface area contributed by atoms with Crippen molar-refractivity contribution in [3.05, 3.63) is 59.7 Å². The minimum Gasteiger partial charge on any atom is -0.352 e. The fraction of sp³-hybridized carbons (Fsp3) is 0.381. The molecule has 5 nitrogen and oxygen atoms in total. The Morgan fingerprint density at radius 1 is 1.04 bits per heavy atom. The van der Waals surface area contributed by atoms with Crippen LogP contribution in [0.15, 0.2) is 53.4 Å². The zero-order valence-corrected chi connectivity index (χ0v) is 17.4. The number of rotatable bonds is 6. The van der Waals surface area contributed by atoms with E-state index in [4.69, 9.17) is 0 Å². The Morgan fingerprint density at radius 2 is 1.70 bits per heavy atom. The first kappa shape index (κ1) is 21.0. The standard InChI is InChI=1S/C21H28N2O3S/c1-15(2)14-22-20(24)16-9-8-10-17(13-16)27(25,26)23-19-12-7-6-11-18(19)21(3,4)5/h6-13,15,23H,14H2,1-5H3,(H,22,24). The number of amides is 1. The number of para-hydroxylation sites is 1. The van der Waals surface area contributed by atoms with Gasteiger partial charge in [-0.05, 0) is 41.2 Å². The highest BCUT2D eigenvalue weighted by Gasteiger charge is 2.22. The van der Waals surface area contributed by atoms with Crippen molar-refractivity contribution in [3.63, 3.8) is 0 Å². The van der Waals surface area contributed by atoms with E-state index in [9.17, 15) is 13.2 Å². The number of hydrogen-bond donors (Lipinski definition) is 2. The average Bonchev–Trinajstić information content (AvgIpc) is 2.59. The van der Waals surface area contributed by atoms with Crippen LogP contribution in [-0.2, 0) is 15.4 Å². The van der Waals surface area contributed by atoms with Crippen molar-refractivity contribution in [2.75, 3.05) is 11.3 Å². The lowest BCUT2D eigenvalue weighted by Gasteiger charge is -2.23. The van der Waals surface area contributed by atoms with Crippen LogP contribution in [0.1, 0.15) is 50.5 Å². The van der Waals surface area contributed by atoms with E-state index >= 15 is 0 Å². The van der Waals surface area contributed by atoms with Gasteiger partial charge in [0.2, 0.25) is 0 Å². The molecule has 0 aliphatic heterocycles. The predicted octanol–water partition coefficient (Wildman–Crippen LogP) is 4.17. The molecule has 0 atom stereocenters. The molecular weight excluding hydrogens is 360 g/mol. The maximum absolute atomic E-state index is 12.9. The third kappa shape index (κ3) is 5.57. The van der Waals surface area contributed by atoms with Crippen LogP contribution in [0.25, 0.3) is 0 Å². The van der Waals surface area contributed by atoms with Gasteiger partial charge in [-0.1, -0.05) is 58.9 Å². The predicted molar refractivity (Wildman–Crippen MR) is 110 cm³/mol. The van der Waals surface area contributed by atoms with Gasteiger partial charge in [-0.25, -0.2) is 8.42 Å². The molecule has 0 spiro atoms. The summed E-state index contributed by atoms with van der Waals surface area (Å²) in [6.07, 6.45) is 0. The molecular formula is C21H28N2O3S. The molecule has 2 aromatic carbocycles. The molecule has 0 fully saturated rings. The zero-order chi connectivity index (χ0) is 20.2. The highest BCUT2D eigenvalue weighted by molar-refractivity contribution is 7.92. The molecule has 0 saturated carbocycles. The van der Waals surface area contributed by atoms with E-state index in [1.54, 1.807) is 24.3 Å². The van der Waals surface area contributed by atoms with Crippen LogP contribution in [0.3, 0.4) is 0 Å². The molecule has 0 aliphatic rings. The van der Waals surface area contributed by atoms with E-state index in [0.29, 0.717) is 23.7 Å². The summed E-state index contributed by atoms with van der Waals surface area (Å²) in [4.78, 5) is 12.3. The molecule has 2 rings (SSSR count). The Labute approximate surface area is 162 Å².